The standard InChI is InChI=1S/C16H21ClN2O2.ClH/c1-16(2)9-19(12-5-3-4-11(17)14(12)16)15(20)13-7-6-10(8-18)21-13;/h3-5,10,13H,6-9,18H2,1-2H3;1H/t10-,13+;/m1./s1. The molecule has 0 radical (unpaired) electrons. The molecule has 0 aromatic heterocycles. The molecule has 22 heavy (non-hydrogen) atoms. The molecule has 2 atom stereocenters. The fourth-order valence-electron chi connectivity index (χ4n) is 3.40. The van der Waals surface area contributed by atoms with Crippen LogP contribution in [0.4, 0.5) is 5.69 Å². The number of carbonyl (C=O) groups excluding carboxylic acids is 1. The van der Waals surface area contributed by atoms with Crippen molar-refractivity contribution in [3.05, 3.63) is 28.8 Å². The van der Waals surface area contributed by atoms with E-state index >= 15 is 0 Å². The molecule has 1 aromatic rings. The van der Waals surface area contributed by atoms with Gasteiger partial charge in [-0.15, -0.1) is 12.4 Å². The first-order chi connectivity index (χ1) is 9.94. The first-order valence-electron chi connectivity index (χ1n) is 7.40. The normalized spacial score (nSPS) is 25.7. The molecular formula is C16H22Cl2N2O2. The second-order valence-electron chi connectivity index (χ2n) is 6.50. The zero-order chi connectivity index (χ0) is 15.2. The third-order valence-corrected chi connectivity index (χ3v) is 4.74. The van der Waals surface area contributed by atoms with Crippen LogP contribution in [0.15, 0.2) is 18.2 Å². The van der Waals surface area contributed by atoms with E-state index in [2.05, 4.69) is 13.8 Å². The summed E-state index contributed by atoms with van der Waals surface area (Å²) >= 11 is 6.34. The number of hydrogen-bond donors (Lipinski definition) is 1. The Hall–Kier alpha value is -0.810. The Labute approximate surface area is 142 Å². The number of anilines is 1. The maximum Gasteiger partial charge on any atom is 0.256 e. The Morgan fingerprint density at radius 1 is 1.45 bits per heavy atom. The zero-order valence-corrected chi connectivity index (χ0v) is 14.4. The van der Waals surface area contributed by atoms with E-state index in [9.17, 15) is 4.79 Å². The SMILES string of the molecule is CC1(C)CN(C(=O)[C@@H]2CC[C@H](CN)O2)c2cccc(Cl)c21.Cl. The lowest BCUT2D eigenvalue weighted by Crippen LogP contribution is -2.41. The average Bonchev–Trinajstić information content (AvgIpc) is 3.01. The third-order valence-electron chi connectivity index (χ3n) is 4.42. The molecule has 0 bridgehead atoms. The fraction of sp³-hybridized carbons (Fsp3) is 0.562. The highest BCUT2D eigenvalue weighted by Gasteiger charge is 2.43. The molecule has 6 heteroatoms. The summed E-state index contributed by atoms with van der Waals surface area (Å²) in [6.45, 7) is 5.34. The molecule has 0 aliphatic carbocycles. The molecule has 2 heterocycles. The number of ether oxygens (including phenoxy) is 1. The molecular weight excluding hydrogens is 323 g/mol. The van der Waals surface area contributed by atoms with Crippen LogP contribution in [0.3, 0.4) is 0 Å². The van der Waals surface area contributed by atoms with Crippen LogP contribution in [0.1, 0.15) is 32.3 Å². The summed E-state index contributed by atoms with van der Waals surface area (Å²) in [6.07, 6.45) is 1.23. The Morgan fingerprint density at radius 2 is 2.18 bits per heavy atom. The van der Waals surface area contributed by atoms with E-state index in [1.165, 1.54) is 0 Å². The smallest absolute Gasteiger partial charge is 0.256 e. The van der Waals surface area contributed by atoms with Gasteiger partial charge in [-0.1, -0.05) is 31.5 Å². The lowest BCUT2D eigenvalue weighted by molar-refractivity contribution is -0.129. The molecule has 3 rings (SSSR count). The summed E-state index contributed by atoms with van der Waals surface area (Å²) in [5, 5.41) is 0.722. The molecule has 1 aromatic carbocycles. The number of nitrogens with two attached hydrogens (primary N) is 1. The van der Waals surface area contributed by atoms with Gasteiger partial charge in [0.15, 0.2) is 0 Å². The molecule has 1 fully saturated rings. The van der Waals surface area contributed by atoms with Gasteiger partial charge in [-0.3, -0.25) is 4.79 Å². The molecule has 2 N–H and O–H groups in total. The van der Waals surface area contributed by atoms with Gasteiger partial charge in [-0.05, 0) is 25.0 Å². The summed E-state index contributed by atoms with van der Waals surface area (Å²) in [5.74, 6) is 0.0278. The number of nitrogens with zero attached hydrogens (tertiary/aromatic N) is 1. The van der Waals surface area contributed by atoms with E-state index in [4.69, 9.17) is 22.1 Å². The number of amides is 1. The van der Waals surface area contributed by atoms with Crippen LogP contribution in [-0.4, -0.2) is 31.2 Å². The van der Waals surface area contributed by atoms with Gasteiger partial charge < -0.3 is 15.4 Å². The monoisotopic (exact) mass is 344 g/mol. The highest BCUT2D eigenvalue weighted by Crippen LogP contribution is 2.45. The van der Waals surface area contributed by atoms with Gasteiger partial charge in [0.1, 0.15) is 6.10 Å². The second kappa shape index (κ2) is 6.36. The maximum absolute atomic E-state index is 12.8. The lowest BCUT2D eigenvalue weighted by atomic mass is 9.87. The van der Waals surface area contributed by atoms with Gasteiger partial charge in [0.25, 0.3) is 5.91 Å². The number of halogens is 2. The summed E-state index contributed by atoms with van der Waals surface area (Å²) in [6, 6.07) is 5.73. The van der Waals surface area contributed by atoms with E-state index in [-0.39, 0.29) is 35.9 Å². The molecule has 4 nitrogen and oxygen atoms in total. The van der Waals surface area contributed by atoms with Crippen molar-refractivity contribution in [3.8, 4) is 0 Å². The van der Waals surface area contributed by atoms with Crippen LogP contribution in [0.5, 0.6) is 0 Å². The van der Waals surface area contributed by atoms with Crippen molar-refractivity contribution in [2.75, 3.05) is 18.0 Å². The van der Waals surface area contributed by atoms with E-state index in [1.807, 2.05) is 23.1 Å². The quantitative estimate of drug-likeness (QED) is 0.897. The highest BCUT2D eigenvalue weighted by atomic mass is 35.5. The molecule has 122 valence electrons. The molecule has 0 spiro atoms. The predicted octanol–water partition coefficient (Wildman–Crippen LogP) is 2.89. The molecule has 2 aliphatic rings. The van der Waals surface area contributed by atoms with Crippen molar-refractivity contribution in [2.24, 2.45) is 5.73 Å². The largest absolute Gasteiger partial charge is 0.364 e. The van der Waals surface area contributed by atoms with Crippen LogP contribution >= 0.6 is 24.0 Å². The third kappa shape index (κ3) is 2.85. The molecule has 0 unspecified atom stereocenters. The van der Waals surface area contributed by atoms with Crippen LogP contribution in [0, 0.1) is 0 Å². The van der Waals surface area contributed by atoms with Crippen LogP contribution < -0.4 is 10.6 Å². The zero-order valence-electron chi connectivity index (χ0n) is 12.8. The predicted molar refractivity (Wildman–Crippen MR) is 91.0 cm³/mol. The molecule has 2 aliphatic heterocycles. The Bertz CT molecular complexity index is 577. The van der Waals surface area contributed by atoms with Crippen molar-refractivity contribution in [2.45, 2.75) is 44.3 Å². The maximum atomic E-state index is 12.8. The van der Waals surface area contributed by atoms with Gasteiger partial charge in [0.2, 0.25) is 0 Å². The first kappa shape index (κ1) is 17.5. The topological polar surface area (TPSA) is 55.6 Å². The van der Waals surface area contributed by atoms with E-state index in [0.717, 1.165) is 29.1 Å². The van der Waals surface area contributed by atoms with Crippen molar-refractivity contribution in [1.29, 1.82) is 0 Å². The van der Waals surface area contributed by atoms with Crippen molar-refractivity contribution < 1.29 is 9.53 Å². The first-order valence-corrected chi connectivity index (χ1v) is 7.78. The minimum Gasteiger partial charge on any atom is -0.364 e. The van der Waals surface area contributed by atoms with E-state index in [0.29, 0.717) is 13.1 Å². The summed E-state index contributed by atoms with van der Waals surface area (Å²) in [7, 11) is 0. The summed E-state index contributed by atoms with van der Waals surface area (Å²) in [5.41, 5.74) is 7.44. The lowest BCUT2D eigenvalue weighted by Gasteiger charge is -2.23. The fourth-order valence-corrected chi connectivity index (χ4v) is 3.82. The Balaban J connectivity index is 0.00000176. The number of rotatable bonds is 2. The van der Waals surface area contributed by atoms with Crippen LogP contribution in [0.25, 0.3) is 0 Å². The number of carbonyl (C=O) groups is 1. The minimum atomic E-state index is -0.376. The molecule has 0 saturated carbocycles. The second-order valence-corrected chi connectivity index (χ2v) is 6.91. The van der Waals surface area contributed by atoms with Gasteiger partial charge in [-0.25, -0.2) is 0 Å². The van der Waals surface area contributed by atoms with Crippen molar-refractivity contribution in [3.63, 3.8) is 0 Å². The minimum absolute atomic E-state index is 0. The summed E-state index contributed by atoms with van der Waals surface area (Å²) in [4.78, 5) is 14.6. The Kier molecular flexibility index (Phi) is 5.07. The van der Waals surface area contributed by atoms with Crippen molar-refractivity contribution in [1.82, 2.24) is 0 Å². The van der Waals surface area contributed by atoms with Gasteiger partial charge in [0, 0.05) is 34.8 Å². The molecule has 1 amide bonds. The van der Waals surface area contributed by atoms with E-state index in [1.54, 1.807) is 0 Å². The van der Waals surface area contributed by atoms with Crippen molar-refractivity contribution >= 4 is 35.6 Å². The number of hydrogen-bond acceptors (Lipinski definition) is 3. The van der Waals surface area contributed by atoms with Gasteiger partial charge in [0.05, 0.1) is 6.10 Å². The average molecular weight is 345 g/mol. The summed E-state index contributed by atoms with van der Waals surface area (Å²) < 4.78 is 5.75. The Morgan fingerprint density at radius 3 is 2.82 bits per heavy atom. The van der Waals surface area contributed by atoms with E-state index < -0.39 is 0 Å². The van der Waals surface area contributed by atoms with Gasteiger partial charge in [-0.2, -0.15) is 0 Å². The van der Waals surface area contributed by atoms with Crippen LogP contribution in [0.2, 0.25) is 5.02 Å². The number of fused-ring (bicyclic) bond motifs is 1. The van der Waals surface area contributed by atoms with Gasteiger partial charge >= 0.3 is 0 Å². The van der Waals surface area contributed by atoms with Crippen LogP contribution in [-0.2, 0) is 14.9 Å². The number of benzene rings is 1. The highest BCUT2D eigenvalue weighted by molar-refractivity contribution is 6.32. The molecule has 1 saturated heterocycles.